The minimum absolute atomic E-state index is 0.0129. The Morgan fingerprint density at radius 1 is 0.974 bits per heavy atom. The fourth-order valence-electron chi connectivity index (χ4n) is 5.75. The maximum Gasteiger partial charge on any atom is 0.256 e. The lowest BCUT2D eigenvalue weighted by Gasteiger charge is -2.28. The van der Waals surface area contributed by atoms with Crippen molar-refractivity contribution in [2.75, 3.05) is 26.2 Å². The van der Waals surface area contributed by atoms with Gasteiger partial charge in [0, 0.05) is 42.0 Å². The molecule has 0 saturated carbocycles. The lowest BCUT2D eigenvalue weighted by Crippen LogP contribution is -2.33. The van der Waals surface area contributed by atoms with Gasteiger partial charge in [0.2, 0.25) is 0 Å². The number of aromatic nitrogens is 1. The summed E-state index contributed by atoms with van der Waals surface area (Å²) < 4.78 is 2.09. The second-order valence-electron chi connectivity index (χ2n) is 10.7. The van der Waals surface area contributed by atoms with Gasteiger partial charge in [-0.1, -0.05) is 51.3 Å². The van der Waals surface area contributed by atoms with Crippen LogP contribution in [0.25, 0.3) is 16.6 Å². The molecule has 1 saturated heterocycles. The van der Waals surface area contributed by atoms with Crippen LogP contribution in [0.5, 0.6) is 5.75 Å². The summed E-state index contributed by atoms with van der Waals surface area (Å²) >= 11 is 0. The molecule has 0 aliphatic carbocycles. The van der Waals surface area contributed by atoms with Crippen molar-refractivity contribution in [2.45, 2.75) is 79.2 Å². The van der Waals surface area contributed by atoms with Crippen LogP contribution < -0.4 is 0 Å². The van der Waals surface area contributed by atoms with Gasteiger partial charge in [0.05, 0.1) is 16.6 Å². The molecule has 4 rings (SSSR count). The number of ketones is 1. The predicted molar refractivity (Wildman–Crippen MR) is 155 cm³/mol. The Bertz CT molecular complexity index is 1260. The van der Waals surface area contributed by atoms with Crippen LogP contribution >= 0.6 is 0 Å². The number of aromatic hydroxyl groups is 1. The number of rotatable bonds is 11. The average Bonchev–Trinajstić information content (AvgIpc) is 3.22. The number of carbonyl (C=O) groups excluding carboxylic acids is 2. The smallest absolute Gasteiger partial charge is 0.256 e. The molecular formula is C32H43N3O3. The first-order chi connectivity index (χ1) is 18.4. The van der Waals surface area contributed by atoms with Crippen LogP contribution in [0.2, 0.25) is 0 Å². The van der Waals surface area contributed by atoms with Crippen LogP contribution in [0, 0.1) is 6.92 Å². The second kappa shape index (κ2) is 12.6. The summed E-state index contributed by atoms with van der Waals surface area (Å²) in [6.07, 6.45) is 7.38. The van der Waals surface area contributed by atoms with Gasteiger partial charge in [0.1, 0.15) is 5.75 Å². The van der Waals surface area contributed by atoms with E-state index >= 15 is 0 Å². The van der Waals surface area contributed by atoms with Gasteiger partial charge in [-0.2, -0.15) is 0 Å². The molecule has 0 bridgehead atoms. The van der Waals surface area contributed by atoms with E-state index in [1.165, 1.54) is 13.3 Å². The number of amides is 1. The lowest BCUT2D eigenvalue weighted by molar-refractivity contribution is 0.0752. The fraction of sp³-hybridized carbons (Fsp3) is 0.500. The quantitative estimate of drug-likeness (QED) is 0.282. The number of benzene rings is 2. The largest absolute Gasteiger partial charge is 0.507 e. The first-order valence-corrected chi connectivity index (χ1v) is 14.4. The number of phenols is 1. The molecule has 2 heterocycles. The highest BCUT2D eigenvalue weighted by Crippen LogP contribution is 2.40. The van der Waals surface area contributed by atoms with Crippen molar-refractivity contribution in [3.05, 3.63) is 58.8 Å². The molecule has 3 aromatic rings. The fourth-order valence-corrected chi connectivity index (χ4v) is 5.75. The van der Waals surface area contributed by atoms with Crippen LogP contribution in [0.15, 0.2) is 36.4 Å². The van der Waals surface area contributed by atoms with E-state index in [-0.39, 0.29) is 17.4 Å². The minimum atomic E-state index is -0.178. The molecule has 0 unspecified atom stereocenters. The molecule has 1 aliphatic rings. The van der Waals surface area contributed by atoms with Gasteiger partial charge < -0.3 is 14.6 Å². The standard InChI is InChI=1S/C32H43N3O3/c1-5-7-19-34(20-8-6-2)32(38)29-23(3)35(25-15-11-9-12-16-25)28-21-26(24(4)36)31(37)27(30(28)29)22-33-17-13-10-14-18-33/h9,11-12,15-16,21,37H,5-8,10,13-14,17-20,22H2,1-4H3. The molecule has 0 spiro atoms. The van der Waals surface area contributed by atoms with Crippen molar-refractivity contribution in [1.29, 1.82) is 0 Å². The highest BCUT2D eigenvalue weighted by molar-refractivity contribution is 6.13. The summed E-state index contributed by atoms with van der Waals surface area (Å²) in [5.74, 6) is -0.148. The number of carbonyl (C=O) groups is 2. The Balaban J connectivity index is 2.01. The van der Waals surface area contributed by atoms with E-state index in [1.54, 1.807) is 6.07 Å². The van der Waals surface area contributed by atoms with Gasteiger partial charge in [-0.3, -0.25) is 14.5 Å². The Kier molecular flexibility index (Phi) is 9.26. The number of hydrogen-bond donors (Lipinski definition) is 1. The number of nitrogens with zero attached hydrogens (tertiary/aromatic N) is 3. The van der Waals surface area contributed by atoms with E-state index in [4.69, 9.17) is 0 Å². The number of unbranched alkanes of at least 4 members (excludes halogenated alkanes) is 2. The van der Waals surface area contributed by atoms with Crippen molar-refractivity contribution in [3.63, 3.8) is 0 Å². The zero-order valence-electron chi connectivity index (χ0n) is 23.6. The number of likely N-dealkylation sites (tertiary alicyclic amines) is 1. The van der Waals surface area contributed by atoms with E-state index in [0.29, 0.717) is 36.3 Å². The van der Waals surface area contributed by atoms with E-state index in [2.05, 4.69) is 23.3 Å². The molecule has 204 valence electrons. The summed E-state index contributed by atoms with van der Waals surface area (Å²) in [4.78, 5) is 31.4. The molecule has 6 nitrogen and oxygen atoms in total. The normalized spacial score (nSPS) is 14.2. The number of fused-ring (bicyclic) bond motifs is 1. The lowest BCUT2D eigenvalue weighted by atomic mass is 9.96. The van der Waals surface area contributed by atoms with Crippen molar-refractivity contribution < 1.29 is 14.7 Å². The van der Waals surface area contributed by atoms with Gasteiger partial charge >= 0.3 is 0 Å². The Hall–Kier alpha value is -3.12. The van der Waals surface area contributed by atoms with E-state index in [0.717, 1.165) is 73.9 Å². The van der Waals surface area contributed by atoms with Gasteiger partial charge in [0.25, 0.3) is 5.91 Å². The van der Waals surface area contributed by atoms with Crippen LogP contribution in [0.4, 0.5) is 0 Å². The van der Waals surface area contributed by atoms with Crippen LogP contribution in [-0.4, -0.2) is 57.3 Å². The van der Waals surface area contributed by atoms with Crippen molar-refractivity contribution in [2.24, 2.45) is 0 Å². The zero-order chi connectivity index (χ0) is 27.2. The van der Waals surface area contributed by atoms with Crippen molar-refractivity contribution >= 4 is 22.6 Å². The molecule has 1 aliphatic heterocycles. The summed E-state index contributed by atoms with van der Waals surface area (Å²) in [7, 11) is 0. The molecule has 1 N–H and O–H groups in total. The summed E-state index contributed by atoms with van der Waals surface area (Å²) in [6.45, 7) is 11.6. The van der Waals surface area contributed by atoms with Gasteiger partial charge in [-0.15, -0.1) is 0 Å². The second-order valence-corrected chi connectivity index (χ2v) is 10.7. The SMILES string of the molecule is CCCCN(CCCC)C(=O)c1c(C)n(-c2ccccc2)c2cc(C(C)=O)c(O)c(CN3CCCCC3)c12. The first kappa shape index (κ1) is 27.9. The van der Waals surface area contributed by atoms with Gasteiger partial charge in [0.15, 0.2) is 5.78 Å². The monoisotopic (exact) mass is 517 g/mol. The molecule has 0 atom stereocenters. The zero-order valence-corrected chi connectivity index (χ0v) is 23.6. The molecule has 6 heteroatoms. The number of para-hydroxylation sites is 1. The molecule has 0 radical (unpaired) electrons. The Morgan fingerprint density at radius 2 is 1.61 bits per heavy atom. The topological polar surface area (TPSA) is 65.8 Å². The highest BCUT2D eigenvalue weighted by atomic mass is 16.3. The Labute approximate surface area is 227 Å². The molecule has 1 fully saturated rings. The van der Waals surface area contributed by atoms with Crippen molar-refractivity contribution in [1.82, 2.24) is 14.4 Å². The minimum Gasteiger partial charge on any atom is -0.507 e. The first-order valence-electron chi connectivity index (χ1n) is 14.4. The summed E-state index contributed by atoms with van der Waals surface area (Å²) in [6, 6.07) is 11.8. The molecule has 38 heavy (non-hydrogen) atoms. The molecule has 2 aromatic carbocycles. The van der Waals surface area contributed by atoms with Gasteiger partial charge in [-0.05, 0) is 70.8 Å². The molecule has 1 aromatic heterocycles. The predicted octanol–water partition coefficient (Wildman–Crippen LogP) is 6.88. The molecule has 1 amide bonds. The number of piperidine rings is 1. The molecular weight excluding hydrogens is 474 g/mol. The van der Waals surface area contributed by atoms with Crippen molar-refractivity contribution in [3.8, 4) is 11.4 Å². The average molecular weight is 518 g/mol. The number of hydrogen-bond acceptors (Lipinski definition) is 4. The third-order valence-electron chi connectivity index (χ3n) is 7.86. The van der Waals surface area contributed by atoms with E-state index in [9.17, 15) is 14.7 Å². The van der Waals surface area contributed by atoms with Crippen LogP contribution in [0.1, 0.15) is 97.7 Å². The van der Waals surface area contributed by atoms with Gasteiger partial charge in [-0.25, -0.2) is 0 Å². The maximum absolute atomic E-state index is 14.4. The van der Waals surface area contributed by atoms with E-state index < -0.39 is 0 Å². The van der Waals surface area contributed by atoms with Crippen LogP contribution in [-0.2, 0) is 6.54 Å². The Morgan fingerprint density at radius 3 is 2.18 bits per heavy atom. The van der Waals surface area contributed by atoms with Crippen LogP contribution in [0.3, 0.4) is 0 Å². The van der Waals surface area contributed by atoms with E-state index in [1.807, 2.05) is 42.2 Å². The number of phenolic OH excluding ortho intramolecular Hbond substituents is 1. The third kappa shape index (κ3) is 5.65. The third-order valence-corrected chi connectivity index (χ3v) is 7.86. The maximum atomic E-state index is 14.4. The number of Topliss-reactive ketones (excluding diaryl/α,β-unsaturated/α-hetero) is 1. The summed E-state index contributed by atoms with van der Waals surface area (Å²) in [5.41, 5.74) is 4.24. The highest BCUT2D eigenvalue weighted by Gasteiger charge is 2.30. The summed E-state index contributed by atoms with van der Waals surface area (Å²) in [5, 5.41) is 12.3.